The molecule has 1 fully saturated rings. The summed E-state index contributed by atoms with van der Waals surface area (Å²) in [6.45, 7) is -0.0137. The van der Waals surface area contributed by atoms with Crippen molar-refractivity contribution < 1.29 is 54.5 Å². The highest BCUT2D eigenvalue weighted by Gasteiger charge is 2.50. The SMILES string of the molecule is C[C@@H]1OC(O[C@H]2C[C@](O)(C(=O)CO)Cc3c(O)c4c(c(O)c32)C(=O)c2c(CO)cccc2C4=O)C[C@H](N)[C@H]1O. The number of carbonyl (C=O) groups excluding carboxylic acids is 3. The molecule has 0 aromatic heterocycles. The summed E-state index contributed by atoms with van der Waals surface area (Å²) in [5.74, 6) is -4.00. The summed E-state index contributed by atoms with van der Waals surface area (Å²) in [5, 5.41) is 63.4. The second-order valence-corrected chi connectivity index (χ2v) is 10.3. The van der Waals surface area contributed by atoms with E-state index < -0.39 is 102 Å². The van der Waals surface area contributed by atoms with Crippen molar-refractivity contribution in [2.24, 2.45) is 5.73 Å². The number of nitrogens with two attached hydrogens (primary N) is 1. The van der Waals surface area contributed by atoms with Gasteiger partial charge in [0, 0.05) is 47.6 Å². The lowest BCUT2D eigenvalue weighted by Crippen LogP contribution is -2.53. The van der Waals surface area contributed by atoms with Crippen LogP contribution in [-0.2, 0) is 27.3 Å². The van der Waals surface area contributed by atoms with Gasteiger partial charge in [-0.2, -0.15) is 0 Å². The third-order valence-corrected chi connectivity index (χ3v) is 7.88. The highest BCUT2D eigenvalue weighted by atomic mass is 16.7. The average Bonchev–Trinajstić information content (AvgIpc) is 2.90. The van der Waals surface area contributed by atoms with Crippen LogP contribution in [0.3, 0.4) is 0 Å². The van der Waals surface area contributed by atoms with E-state index in [1.54, 1.807) is 6.92 Å². The molecular weight excluding hydrogens is 514 g/mol. The molecule has 3 aliphatic rings. The fraction of sp³-hybridized carbons (Fsp3) is 0.444. The highest BCUT2D eigenvalue weighted by molar-refractivity contribution is 6.31. The first-order chi connectivity index (χ1) is 18.4. The number of ether oxygens (including phenoxy) is 2. The first-order valence-electron chi connectivity index (χ1n) is 12.5. The van der Waals surface area contributed by atoms with Crippen molar-refractivity contribution in [3.63, 3.8) is 0 Å². The number of fused-ring (bicyclic) bond motifs is 3. The minimum absolute atomic E-state index is 0.00600. The molecule has 2 aromatic rings. The Morgan fingerprint density at radius 3 is 2.46 bits per heavy atom. The number of rotatable bonds is 5. The number of carbonyl (C=O) groups is 3. The molecule has 0 saturated carbocycles. The van der Waals surface area contributed by atoms with Crippen LogP contribution in [0.25, 0.3) is 0 Å². The molecule has 0 bridgehead atoms. The zero-order valence-electron chi connectivity index (χ0n) is 21.0. The highest BCUT2D eigenvalue weighted by Crippen LogP contribution is 2.52. The molecule has 2 aromatic carbocycles. The number of aliphatic hydroxyl groups excluding tert-OH is 3. The third kappa shape index (κ3) is 4.16. The minimum Gasteiger partial charge on any atom is -0.507 e. The molecular formula is C27H29NO11. The number of phenols is 2. The largest absolute Gasteiger partial charge is 0.507 e. The lowest BCUT2D eigenvalue weighted by Gasteiger charge is -2.42. The molecule has 1 heterocycles. The molecule has 39 heavy (non-hydrogen) atoms. The number of ketones is 3. The van der Waals surface area contributed by atoms with Crippen molar-refractivity contribution in [1.29, 1.82) is 0 Å². The summed E-state index contributed by atoms with van der Waals surface area (Å²) in [6, 6.07) is 3.53. The number of benzene rings is 2. The van der Waals surface area contributed by atoms with E-state index in [9.17, 15) is 45.0 Å². The summed E-state index contributed by atoms with van der Waals surface area (Å²) in [7, 11) is 0. The van der Waals surface area contributed by atoms with Gasteiger partial charge in [0.25, 0.3) is 0 Å². The van der Waals surface area contributed by atoms with Crippen LogP contribution in [-0.4, -0.2) is 84.7 Å². The number of hydrogen-bond donors (Lipinski definition) is 7. The minimum atomic E-state index is -2.25. The van der Waals surface area contributed by atoms with E-state index in [2.05, 4.69) is 0 Å². The number of aliphatic hydroxyl groups is 4. The number of Topliss-reactive ketones (excluding diaryl/α,β-unsaturated/α-hetero) is 1. The van der Waals surface area contributed by atoms with Crippen LogP contribution in [0.1, 0.15) is 74.4 Å². The zero-order chi connectivity index (χ0) is 28.4. The average molecular weight is 544 g/mol. The standard InChI is InChI=1S/C27H29NO11/c1-10-22(32)14(28)5-17(38-10)39-15-7-27(37,16(31)9-30)6-13-19(15)26(36)21-20(24(13)34)23(33)12-4-2-3-11(8-29)18(12)25(21)35/h2-4,10,14-15,17,22,29-30,32,34,36-37H,5-9,28H2,1H3/t10-,14-,15-,17?,22-,27-/m0/s1. The lowest BCUT2D eigenvalue weighted by molar-refractivity contribution is -0.247. The molecule has 8 N–H and O–H groups in total. The van der Waals surface area contributed by atoms with Crippen molar-refractivity contribution in [2.75, 3.05) is 6.61 Å². The molecule has 0 radical (unpaired) electrons. The van der Waals surface area contributed by atoms with Crippen molar-refractivity contribution in [3.8, 4) is 11.5 Å². The van der Waals surface area contributed by atoms with Gasteiger partial charge < -0.3 is 45.8 Å². The molecule has 0 amide bonds. The molecule has 0 spiro atoms. The Bertz CT molecular complexity index is 1380. The van der Waals surface area contributed by atoms with Gasteiger partial charge in [0.2, 0.25) is 0 Å². The molecule has 1 unspecified atom stereocenters. The number of phenolic OH excluding ortho intramolecular Hbond substituents is 2. The molecule has 1 aliphatic heterocycles. The van der Waals surface area contributed by atoms with Crippen LogP contribution < -0.4 is 5.73 Å². The molecule has 1 saturated heterocycles. The predicted octanol–water partition coefficient (Wildman–Crippen LogP) is -0.515. The van der Waals surface area contributed by atoms with Gasteiger partial charge in [-0.05, 0) is 12.5 Å². The Kier molecular flexibility index (Phi) is 6.84. The van der Waals surface area contributed by atoms with Gasteiger partial charge in [-0.15, -0.1) is 0 Å². The van der Waals surface area contributed by atoms with Crippen LogP contribution in [0.5, 0.6) is 11.5 Å². The predicted molar refractivity (Wildman–Crippen MR) is 131 cm³/mol. The Hall–Kier alpha value is -3.23. The smallest absolute Gasteiger partial charge is 0.198 e. The Labute approximate surface area is 222 Å². The Morgan fingerprint density at radius 1 is 1.13 bits per heavy atom. The van der Waals surface area contributed by atoms with Crippen LogP contribution >= 0.6 is 0 Å². The van der Waals surface area contributed by atoms with E-state index in [1.165, 1.54) is 18.2 Å². The summed E-state index contributed by atoms with van der Waals surface area (Å²) in [6.07, 6.45) is -5.21. The van der Waals surface area contributed by atoms with Gasteiger partial charge in [0.05, 0.1) is 36.0 Å². The molecule has 5 rings (SSSR count). The summed E-state index contributed by atoms with van der Waals surface area (Å²) in [5.41, 5.74) is 2.35. The maximum atomic E-state index is 13.6. The number of hydrogen-bond acceptors (Lipinski definition) is 12. The van der Waals surface area contributed by atoms with Crippen LogP contribution in [0.2, 0.25) is 0 Å². The van der Waals surface area contributed by atoms with Gasteiger partial charge in [-0.25, -0.2) is 0 Å². The lowest BCUT2D eigenvalue weighted by atomic mass is 9.71. The van der Waals surface area contributed by atoms with E-state index in [1.807, 2.05) is 0 Å². The molecule has 12 heteroatoms. The van der Waals surface area contributed by atoms with Gasteiger partial charge in [-0.3, -0.25) is 14.4 Å². The van der Waals surface area contributed by atoms with Crippen molar-refractivity contribution >= 4 is 17.3 Å². The molecule has 2 aliphatic carbocycles. The first-order valence-corrected chi connectivity index (χ1v) is 12.5. The number of aromatic hydroxyl groups is 2. The van der Waals surface area contributed by atoms with Crippen molar-refractivity contribution in [1.82, 2.24) is 0 Å². The third-order valence-electron chi connectivity index (χ3n) is 7.88. The zero-order valence-corrected chi connectivity index (χ0v) is 21.0. The monoisotopic (exact) mass is 543 g/mol. The fourth-order valence-corrected chi connectivity index (χ4v) is 5.81. The second kappa shape index (κ2) is 9.75. The van der Waals surface area contributed by atoms with E-state index in [-0.39, 0.29) is 34.2 Å². The van der Waals surface area contributed by atoms with E-state index >= 15 is 0 Å². The van der Waals surface area contributed by atoms with Crippen LogP contribution in [0.4, 0.5) is 0 Å². The topological polar surface area (TPSA) is 217 Å². The first kappa shape index (κ1) is 27.3. The van der Waals surface area contributed by atoms with Crippen molar-refractivity contribution in [2.45, 2.75) is 69.0 Å². The molecule has 6 atom stereocenters. The Balaban J connectivity index is 1.69. The molecule has 208 valence electrons. The maximum Gasteiger partial charge on any atom is 0.198 e. The van der Waals surface area contributed by atoms with E-state index in [4.69, 9.17) is 15.2 Å². The Morgan fingerprint density at radius 2 is 1.82 bits per heavy atom. The fourth-order valence-electron chi connectivity index (χ4n) is 5.81. The quantitative estimate of drug-likeness (QED) is 0.202. The summed E-state index contributed by atoms with van der Waals surface area (Å²) < 4.78 is 11.7. The summed E-state index contributed by atoms with van der Waals surface area (Å²) >= 11 is 0. The van der Waals surface area contributed by atoms with Crippen LogP contribution in [0, 0.1) is 0 Å². The summed E-state index contributed by atoms with van der Waals surface area (Å²) in [4.78, 5) is 39.7. The van der Waals surface area contributed by atoms with E-state index in [0.29, 0.717) is 0 Å². The van der Waals surface area contributed by atoms with Gasteiger partial charge in [-0.1, -0.05) is 18.2 Å². The van der Waals surface area contributed by atoms with Crippen molar-refractivity contribution in [3.05, 3.63) is 57.1 Å². The maximum absolute atomic E-state index is 13.6. The molecule has 12 nitrogen and oxygen atoms in total. The van der Waals surface area contributed by atoms with Gasteiger partial charge >= 0.3 is 0 Å². The van der Waals surface area contributed by atoms with Gasteiger partial charge in [0.1, 0.15) is 23.7 Å². The van der Waals surface area contributed by atoms with E-state index in [0.717, 1.165) is 0 Å². The normalized spacial score (nSPS) is 29.9. The second-order valence-electron chi connectivity index (χ2n) is 10.3. The van der Waals surface area contributed by atoms with Gasteiger partial charge in [0.15, 0.2) is 23.6 Å². The van der Waals surface area contributed by atoms with Crippen LogP contribution in [0.15, 0.2) is 18.2 Å².